The molecule has 2 heterocycles. The van der Waals surface area contributed by atoms with Gasteiger partial charge in [0.25, 0.3) is 0 Å². The Labute approximate surface area is 111 Å². The first-order chi connectivity index (χ1) is 9.33. The Balaban J connectivity index is 1.65. The standard InChI is InChI=1S/C14H15FN4/c15-12-3-5-13(6-4-12)18-8-10-19(11-9-18)14-2-1-7-16-17-14/h1-7H,8-11H2. The number of piperazine rings is 1. The van der Waals surface area contributed by atoms with Gasteiger partial charge in [-0.1, -0.05) is 0 Å². The van der Waals surface area contributed by atoms with Crippen molar-refractivity contribution in [1.82, 2.24) is 10.2 Å². The molecule has 5 heteroatoms. The van der Waals surface area contributed by atoms with Crippen LogP contribution in [0.3, 0.4) is 0 Å². The average Bonchev–Trinajstić information content (AvgIpc) is 2.49. The topological polar surface area (TPSA) is 32.3 Å². The quantitative estimate of drug-likeness (QED) is 0.824. The van der Waals surface area contributed by atoms with Crippen molar-refractivity contribution < 1.29 is 4.39 Å². The van der Waals surface area contributed by atoms with Crippen molar-refractivity contribution >= 4 is 11.5 Å². The number of halogens is 1. The molecule has 1 aliphatic rings. The Morgan fingerprint density at radius 2 is 1.58 bits per heavy atom. The van der Waals surface area contributed by atoms with Crippen molar-refractivity contribution in [3.8, 4) is 0 Å². The van der Waals surface area contributed by atoms with E-state index in [4.69, 9.17) is 0 Å². The van der Waals surface area contributed by atoms with Gasteiger partial charge in [0.2, 0.25) is 0 Å². The molecule has 0 atom stereocenters. The van der Waals surface area contributed by atoms with Crippen LogP contribution in [0.1, 0.15) is 0 Å². The summed E-state index contributed by atoms with van der Waals surface area (Å²) in [6, 6.07) is 10.5. The van der Waals surface area contributed by atoms with E-state index in [9.17, 15) is 4.39 Å². The third-order valence-electron chi connectivity index (χ3n) is 3.35. The molecule has 98 valence electrons. The molecule has 1 aliphatic heterocycles. The summed E-state index contributed by atoms with van der Waals surface area (Å²) in [4.78, 5) is 4.47. The molecule has 0 bridgehead atoms. The molecule has 1 aromatic heterocycles. The Morgan fingerprint density at radius 1 is 0.895 bits per heavy atom. The van der Waals surface area contributed by atoms with Gasteiger partial charge in [0, 0.05) is 38.1 Å². The molecule has 19 heavy (non-hydrogen) atoms. The van der Waals surface area contributed by atoms with Crippen LogP contribution in [0.4, 0.5) is 15.9 Å². The van der Waals surface area contributed by atoms with E-state index in [0.29, 0.717) is 0 Å². The second-order valence-electron chi connectivity index (χ2n) is 4.53. The average molecular weight is 258 g/mol. The summed E-state index contributed by atoms with van der Waals surface area (Å²) in [6.07, 6.45) is 1.68. The highest BCUT2D eigenvalue weighted by molar-refractivity contribution is 5.49. The van der Waals surface area contributed by atoms with Gasteiger partial charge in [-0.3, -0.25) is 0 Å². The molecule has 0 aliphatic carbocycles. The zero-order chi connectivity index (χ0) is 13.1. The summed E-state index contributed by atoms with van der Waals surface area (Å²) in [5.74, 6) is 0.725. The summed E-state index contributed by atoms with van der Waals surface area (Å²) < 4.78 is 12.9. The fraction of sp³-hybridized carbons (Fsp3) is 0.286. The van der Waals surface area contributed by atoms with Gasteiger partial charge in [-0.2, -0.15) is 5.10 Å². The van der Waals surface area contributed by atoms with Gasteiger partial charge in [0.1, 0.15) is 5.82 Å². The highest BCUT2D eigenvalue weighted by atomic mass is 19.1. The first kappa shape index (κ1) is 11.9. The number of rotatable bonds is 2. The summed E-state index contributed by atoms with van der Waals surface area (Å²) in [6.45, 7) is 3.61. The van der Waals surface area contributed by atoms with Crippen LogP contribution < -0.4 is 9.80 Å². The normalized spacial score (nSPS) is 15.6. The lowest BCUT2D eigenvalue weighted by Gasteiger charge is -2.36. The van der Waals surface area contributed by atoms with Crippen LogP contribution >= 0.6 is 0 Å². The van der Waals surface area contributed by atoms with E-state index in [-0.39, 0.29) is 5.82 Å². The first-order valence-corrected chi connectivity index (χ1v) is 6.36. The summed E-state index contributed by atoms with van der Waals surface area (Å²) >= 11 is 0. The lowest BCUT2D eigenvalue weighted by Crippen LogP contribution is -2.46. The zero-order valence-electron chi connectivity index (χ0n) is 10.5. The first-order valence-electron chi connectivity index (χ1n) is 6.36. The molecule has 1 saturated heterocycles. The van der Waals surface area contributed by atoms with Crippen LogP contribution in [-0.2, 0) is 0 Å². The van der Waals surface area contributed by atoms with E-state index in [0.717, 1.165) is 37.7 Å². The largest absolute Gasteiger partial charge is 0.368 e. The number of benzene rings is 1. The minimum atomic E-state index is -0.193. The molecule has 2 aromatic rings. The number of aromatic nitrogens is 2. The van der Waals surface area contributed by atoms with Crippen molar-refractivity contribution in [1.29, 1.82) is 0 Å². The number of nitrogens with zero attached hydrogens (tertiary/aromatic N) is 4. The Morgan fingerprint density at radius 3 is 2.21 bits per heavy atom. The molecular weight excluding hydrogens is 243 g/mol. The van der Waals surface area contributed by atoms with E-state index in [1.54, 1.807) is 6.20 Å². The minimum Gasteiger partial charge on any atom is -0.368 e. The lowest BCUT2D eigenvalue weighted by molar-refractivity contribution is 0.623. The van der Waals surface area contributed by atoms with Crippen LogP contribution in [-0.4, -0.2) is 36.4 Å². The maximum atomic E-state index is 12.9. The van der Waals surface area contributed by atoms with Crippen LogP contribution in [0.15, 0.2) is 42.6 Å². The fourth-order valence-electron chi connectivity index (χ4n) is 2.31. The van der Waals surface area contributed by atoms with Gasteiger partial charge in [-0.05, 0) is 36.4 Å². The van der Waals surface area contributed by atoms with Gasteiger partial charge in [-0.15, -0.1) is 5.10 Å². The van der Waals surface area contributed by atoms with Crippen LogP contribution in [0.25, 0.3) is 0 Å². The third-order valence-corrected chi connectivity index (χ3v) is 3.35. The highest BCUT2D eigenvalue weighted by Crippen LogP contribution is 2.18. The summed E-state index contributed by atoms with van der Waals surface area (Å²) in [5.41, 5.74) is 1.07. The van der Waals surface area contributed by atoms with Crippen molar-refractivity contribution in [2.45, 2.75) is 0 Å². The van der Waals surface area contributed by atoms with Crippen molar-refractivity contribution in [2.24, 2.45) is 0 Å². The van der Waals surface area contributed by atoms with Gasteiger partial charge in [0.15, 0.2) is 5.82 Å². The summed E-state index contributed by atoms with van der Waals surface area (Å²) in [7, 11) is 0. The van der Waals surface area contributed by atoms with Gasteiger partial charge >= 0.3 is 0 Å². The molecule has 0 N–H and O–H groups in total. The molecule has 1 aromatic carbocycles. The van der Waals surface area contributed by atoms with E-state index in [1.165, 1.54) is 12.1 Å². The monoisotopic (exact) mass is 258 g/mol. The van der Waals surface area contributed by atoms with E-state index in [2.05, 4.69) is 20.0 Å². The highest BCUT2D eigenvalue weighted by Gasteiger charge is 2.18. The van der Waals surface area contributed by atoms with E-state index >= 15 is 0 Å². The molecule has 0 saturated carbocycles. The maximum absolute atomic E-state index is 12.9. The van der Waals surface area contributed by atoms with Gasteiger partial charge < -0.3 is 9.80 Å². The Hall–Kier alpha value is -2.17. The lowest BCUT2D eigenvalue weighted by atomic mass is 10.2. The summed E-state index contributed by atoms with van der Waals surface area (Å²) in [5, 5.41) is 8.02. The van der Waals surface area contributed by atoms with Crippen LogP contribution in [0.5, 0.6) is 0 Å². The van der Waals surface area contributed by atoms with Gasteiger partial charge in [-0.25, -0.2) is 4.39 Å². The third kappa shape index (κ3) is 2.65. The second kappa shape index (κ2) is 5.22. The molecule has 0 radical (unpaired) electrons. The Kier molecular flexibility index (Phi) is 3.27. The molecular formula is C14H15FN4. The van der Waals surface area contributed by atoms with Crippen molar-refractivity contribution in [2.75, 3.05) is 36.0 Å². The molecule has 0 spiro atoms. The number of hydrogen-bond acceptors (Lipinski definition) is 4. The predicted molar refractivity (Wildman–Crippen MR) is 72.9 cm³/mol. The molecule has 0 amide bonds. The van der Waals surface area contributed by atoms with Crippen LogP contribution in [0, 0.1) is 5.82 Å². The molecule has 4 nitrogen and oxygen atoms in total. The van der Waals surface area contributed by atoms with Gasteiger partial charge in [0.05, 0.1) is 0 Å². The molecule has 3 rings (SSSR count). The minimum absolute atomic E-state index is 0.193. The zero-order valence-corrected chi connectivity index (χ0v) is 10.5. The fourth-order valence-corrected chi connectivity index (χ4v) is 2.31. The molecule has 1 fully saturated rings. The second-order valence-corrected chi connectivity index (χ2v) is 4.53. The number of hydrogen-bond donors (Lipinski definition) is 0. The van der Waals surface area contributed by atoms with Crippen molar-refractivity contribution in [3.05, 3.63) is 48.4 Å². The number of anilines is 2. The molecule has 0 unspecified atom stereocenters. The smallest absolute Gasteiger partial charge is 0.151 e. The van der Waals surface area contributed by atoms with Crippen molar-refractivity contribution in [3.63, 3.8) is 0 Å². The SMILES string of the molecule is Fc1ccc(N2CCN(c3cccnn3)CC2)cc1. The predicted octanol–water partition coefficient (Wildman–Crippen LogP) is 1.94. The Bertz CT molecular complexity index is 521. The maximum Gasteiger partial charge on any atom is 0.151 e. The van der Waals surface area contributed by atoms with E-state index < -0.39 is 0 Å². The van der Waals surface area contributed by atoms with E-state index in [1.807, 2.05) is 24.3 Å². The van der Waals surface area contributed by atoms with Crippen LogP contribution in [0.2, 0.25) is 0 Å².